The van der Waals surface area contributed by atoms with Crippen LogP contribution in [0.15, 0.2) is 53.4 Å². The third-order valence-electron chi connectivity index (χ3n) is 4.82. The summed E-state index contributed by atoms with van der Waals surface area (Å²) in [5.41, 5.74) is 1.21. The molecule has 27 heavy (non-hydrogen) atoms. The van der Waals surface area contributed by atoms with Gasteiger partial charge in [-0.25, -0.2) is 8.42 Å². The SMILES string of the molecule is CC[NH+]1CCN(c2ccccc2NS(=O)(=O)c2ccc([N+](=O)[O-])cc2)CC1. The highest BCUT2D eigenvalue weighted by Gasteiger charge is 2.23. The van der Waals surface area contributed by atoms with E-state index in [0.29, 0.717) is 5.69 Å². The van der Waals surface area contributed by atoms with Crippen LogP contribution in [0.4, 0.5) is 17.1 Å². The van der Waals surface area contributed by atoms with Crippen molar-refractivity contribution in [1.29, 1.82) is 0 Å². The van der Waals surface area contributed by atoms with Crippen LogP contribution in [0.2, 0.25) is 0 Å². The molecule has 0 saturated carbocycles. The fraction of sp³-hybridized carbons (Fsp3) is 0.333. The number of para-hydroxylation sites is 2. The van der Waals surface area contributed by atoms with E-state index >= 15 is 0 Å². The molecule has 0 atom stereocenters. The first kappa shape index (κ1) is 19.1. The van der Waals surface area contributed by atoms with E-state index in [4.69, 9.17) is 0 Å². The fourth-order valence-electron chi connectivity index (χ4n) is 3.20. The molecule has 1 heterocycles. The quantitative estimate of drug-likeness (QED) is 0.568. The lowest BCUT2D eigenvalue weighted by molar-refractivity contribution is -0.898. The number of nitro groups is 1. The summed E-state index contributed by atoms with van der Waals surface area (Å²) >= 11 is 0. The van der Waals surface area contributed by atoms with Crippen molar-refractivity contribution in [1.82, 2.24) is 0 Å². The monoisotopic (exact) mass is 391 g/mol. The van der Waals surface area contributed by atoms with Gasteiger partial charge >= 0.3 is 0 Å². The van der Waals surface area contributed by atoms with E-state index in [1.807, 2.05) is 12.1 Å². The van der Waals surface area contributed by atoms with Crippen LogP contribution in [0.1, 0.15) is 6.92 Å². The summed E-state index contributed by atoms with van der Waals surface area (Å²) in [6, 6.07) is 12.2. The summed E-state index contributed by atoms with van der Waals surface area (Å²) in [5, 5.41) is 10.8. The predicted octanol–water partition coefficient (Wildman–Crippen LogP) is 1.12. The molecule has 0 unspecified atom stereocenters. The van der Waals surface area contributed by atoms with Gasteiger partial charge in [-0.3, -0.25) is 14.8 Å². The van der Waals surface area contributed by atoms with Gasteiger partial charge in [0.25, 0.3) is 15.7 Å². The molecule has 3 rings (SSSR count). The number of sulfonamides is 1. The molecule has 0 bridgehead atoms. The van der Waals surface area contributed by atoms with Crippen LogP contribution in [0.5, 0.6) is 0 Å². The molecule has 2 aromatic carbocycles. The smallest absolute Gasteiger partial charge is 0.269 e. The third kappa shape index (κ3) is 4.37. The van der Waals surface area contributed by atoms with Crippen LogP contribution in [-0.2, 0) is 10.0 Å². The Labute approximate surface area is 158 Å². The van der Waals surface area contributed by atoms with Crippen molar-refractivity contribution in [2.45, 2.75) is 11.8 Å². The average Bonchev–Trinajstić information content (AvgIpc) is 2.68. The van der Waals surface area contributed by atoms with Crippen LogP contribution in [0.25, 0.3) is 0 Å². The van der Waals surface area contributed by atoms with Gasteiger partial charge in [-0.05, 0) is 31.2 Å². The van der Waals surface area contributed by atoms with Crippen molar-refractivity contribution < 1.29 is 18.2 Å². The minimum Gasteiger partial charge on any atom is -0.359 e. The Morgan fingerprint density at radius 2 is 1.74 bits per heavy atom. The Kier molecular flexibility index (Phi) is 5.62. The van der Waals surface area contributed by atoms with Crippen molar-refractivity contribution in [3.63, 3.8) is 0 Å². The number of anilines is 2. The lowest BCUT2D eigenvalue weighted by atomic mass is 10.2. The van der Waals surface area contributed by atoms with E-state index in [1.54, 1.807) is 12.1 Å². The maximum Gasteiger partial charge on any atom is 0.269 e. The first-order chi connectivity index (χ1) is 12.9. The number of nitrogens with zero attached hydrogens (tertiary/aromatic N) is 2. The lowest BCUT2D eigenvalue weighted by Crippen LogP contribution is -3.14. The maximum absolute atomic E-state index is 12.7. The zero-order valence-electron chi connectivity index (χ0n) is 15.1. The highest BCUT2D eigenvalue weighted by Crippen LogP contribution is 2.28. The van der Waals surface area contributed by atoms with Crippen LogP contribution in [-0.4, -0.2) is 46.1 Å². The van der Waals surface area contributed by atoms with E-state index in [1.165, 1.54) is 29.2 Å². The minimum absolute atomic E-state index is 0.0110. The van der Waals surface area contributed by atoms with E-state index in [9.17, 15) is 18.5 Å². The van der Waals surface area contributed by atoms with E-state index in [0.717, 1.165) is 38.4 Å². The molecule has 1 aliphatic heterocycles. The van der Waals surface area contributed by atoms with Gasteiger partial charge in [-0.2, -0.15) is 0 Å². The van der Waals surface area contributed by atoms with Crippen LogP contribution < -0.4 is 14.5 Å². The first-order valence-electron chi connectivity index (χ1n) is 8.85. The van der Waals surface area contributed by atoms with Crippen molar-refractivity contribution in [3.8, 4) is 0 Å². The number of nitrogens with one attached hydrogen (secondary N) is 2. The molecule has 0 aromatic heterocycles. The molecule has 0 aliphatic carbocycles. The number of piperazine rings is 1. The second kappa shape index (κ2) is 7.93. The Morgan fingerprint density at radius 1 is 1.11 bits per heavy atom. The number of hydrogen-bond acceptors (Lipinski definition) is 5. The topological polar surface area (TPSA) is 97.0 Å². The summed E-state index contributed by atoms with van der Waals surface area (Å²) in [7, 11) is -3.84. The molecule has 0 radical (unpaired) electrons. The number of hydrogen-bond donors (Lipinski definition) is 2. The van der Waals surface area contributed by atoms with E-state index in [2.05, 4.69) is 16.5 Å². The molecule has 9 heteroatoms. The molecule has 1 saturated heterocycles. The number of non-ortho nitro benzene ring substituents is 1. The number of rotatable bonds is 6. The maximum atomic E-state index is 12.7. The summed E-state index contributed by atoms with van der Waals surface area (Å²) < 4.78 is 28.1. The zero-order chi connectivity index (χ0) is 19.4. The van der Waals surface area contributed by atoms with Crippen LogP contribution in [0, 0.1) is 10.1 Å². The summed E-state index contributed by atoms with van der Waals surface area (Å²) in [6.07, 6.45) is 0. The molecule has 8 nitrogen and oxygen atoms in total. The summed E-state index contributed by atoms with van der Waals surface area (Å²) in [6.45, 7) is 7.00. The van der Waals surface area contributed by atoms with E-state index in [-0.39, 0.29) is 10.6 Å². The predicted molar refractivity (Wildman–Crippen MR) is 104 cm³/mol. The first-order valence-corrected chi connectivity index (χ1v) is 10.3. The second-order valence-electron chi connectivity index (χ2n) is 6.46. The van der Waals surface area contributed by atoms with Gasteiger partial charge in [-0.1, -0.05) is 12.1 Å². The van der Waals surface area contributed by atoms with Crippen molar-refractivity contribution >= 4 is 27.1 Å². The highest BCUT2D eigenvalue weighted by molar-refractivity contribution is 7.92. The molecule has 0 amide bonds. The number of quaternary nitrogens is 1. The second-order valence-corrected chi connectivity index (χ2v) is 8.15. The highest BCUT2D eigenvalue weighted by atomic mass is 32.2. The van der Waals surface area contributed by atoms with Gasteiger partial charge in [0.15, 0.2) is 0 Å². The molecular formula is C18H23N4O4S+. The Hall–Kier alpha value is -2.65. The van der Waals surface area contributed by atoms with Gasteiger partial charge in [0.2, 0.25) is 0 Å². The molecule has 2 aromatic rings. The zero-order valence-corrected chi connectivity index (χ0v) is 15.9. The van der Waals surface area contributed by atoms with Crippen LogP contribution >= 0.6 is 0 Å². The molecule has 2 N–H and O–H groups in total. The minimum atomic E-state index is -3.84. The lowest BCUT2D eigenvalue weighted by Gasteiger charge is -2.34. The summed E-state index contributed by atoms with van der Waals surface area (Å²) in [5.74, 6) is 0. The molecule has 144 valence electrons. The summed E-state index contributed by atoms with van der Waals surface area (Å²) in [4.78, 5) is 13.9. The van der Waals surface area contributed by atoms with Crippen molar-refractivity contribution in [3.05, 3.63) is 58.6 Å². The standard InChI is InChI=1S/C18H22N4O4S/c1-2-20-11-13-21(14-12-20)18-6-4-3-5-17(18)19-27(25,26)16-9-7-15(8-10-16)22(23)24/h3-10,19H,2,11-14H2,1H3/p+1. The van der Waals surface area contributed by atoms with Gasteiger partial charge in [-0.15, -0.1) is 0 Å². The Bertz CT molecular complexity index is 907. The third-order valence-corrected chi connectivity index (χ3v) is 6.20. The van der Waals surface area contributed by atoms with Gasteiger partial charge in [0.1, 0.15) is 0 Å². The largest absolute Gasteiger partial charge is 0.359 e. The van der Waals surface area contributed by atoms with Gasteiger partial charge in [0, 0.05) is 12.1 Å². The molecule has 1 aliphatic rings. The average molecular weight is 391 g/mol. The molecule has 0 spiro atoms. The molecule has 1 fully saturated rings. The van der Waals surface area contributed by atoms with Gasteiger partial charge < -0.3 is 9.80 Å². The van der Waals surface area contributed by atoms with E-state index < -0.39 is 14.9 Å². The van der Waals surface area contributed by atoms with Crippen molar-refractivity contribution in [2.24, 2.45) is 0 Å². The van der Waals surface area contributed by atoms with Crippen LogP contribution in [0.3, 0.4) is 0 Å². The number of nitro benzene ring substituents is 1. The Balaban J connectivity index is 1.82. The number of benzene rings is 2. The Morgan fingerprint density at radius 3 is 2.33 bits per heavy atom. The fourth-order valence-corrected chi connectivity index (χ4v) is 4.28. The van der Waals surface area contributed by atoms with Crippen molar-refractivity contribution in [2.75, 3.05) is 42.3 Å². The normalized spacial score (nSPS) is 15.5. The molecular weight excluding hydrogens is 368 g/mol. The van der Waals surface area contributed by atoms with Gasteiger partial charge in [0.05, 0.1) is 53.9 Å². The number of likely N-dealkylation sites (N-methyl/N-ethyl adjacent to an activating group) is 1.